The molecule has 2 aliphatic rings. The number of alkyl halides is 3. The summed E-state index contributed by atoms with van der Waals surface area (Å²) >= 11 is 0. The number of aliphatic imine (C=N–C) groups is 1. The Hall–Kier alpha value is -3.68. The number of nitrogens with zero attached hydrogens (tertiary/aromatic N) is 3. The summed E-state index contributed by atoms with van der Waals surface area (Å²) in [4.78, 5) is 3.46. The fraction of sp³-hybridized carbons (Fsp3) is 0.240. The highest BCUT2D eigenvalue weighted by Gasteiger charge is 2.61. The molecule has 1 unspecified atom stereocenters. The Morgan fingerprint density at radius 3 is 1.48 bits per heavy atom. The van der Waals surface area contributed by atoms with Crippen molar-refractivity contribution in [2.45, 2.75) is 37.5 Å². The summed E-state index contributed by atoms with van der Waals surface area (Å²) in [6.07, 6.45) is -3.49. The van der Waals surface area contributed by atoms with Crippen molar-refractivity contribution in [3.63, 3.8) is 0 Å². The summed E-state index contributed by atoms with van der Waals surface area (Å²) in [5.41, 5.74) is 0.445. The van der Waals surface area contributed by atoms with E-state index in [4.69, 9.17) is 9.47 Å². The van der Waals surface area contributed by atoms with Gasteiger partial charge >= 0.3 is 6.18 Å². The van der Waals surface area contributed by atoms with Crippen LogP contribution in [0, 0.1) is 0 Å². The minimum absolute atomic E-state index is 0.113. The van der Waals surface area contributed by atoms with Gasteiger partial charge in [0.1, 0.15) is 24.7 Å². The zero-order valence-corrected chi connectivity index (χ0v) is 17.7. The van der Waals surface area contributed by atoms with E-state index in [0.29, 0.717) is 18.1 Å². The minimum atomic E-state index is -4.42. The van der Waals surface area contributed by atoms with Crippen molar-refractivity contribution in [3.05, 3.63) is 95.1 Å². The van der Waals surface area contributed by atoms with Crippen LogP contribution in [0.4, 0.5) is 13.2 Å². The molecule has 3 aromatic carbocycles. The first-order valence-corrected chi connectivity index (χ1v) is 10.4. The van der Waals surface area contributed by atoms with Gasteiger partial charge in [-0.15, -0.1) is 0 Å². The van der Waals surface area contributed by atoms with Crippen molar-refractivity contribution in [2.24, 2.45) is 15.2 Å². The molecule has 5 nitrogen and oxygen atoms in total. The van der Waals surface area contributed by atoms with Crippen LogP contribution in [0.2, 0.25) is 0 Å². The summed E-state index contributed by atoms with van der Waals surface area (Å²) in [7, 11) is 0. The maximum Gasteiger partial charge on any atom is 0.422 e. The average molecular weight is 451 g/mol. The molecular weight excluding hydrogens is 431 g/mol. The van der Waals surface area contributed by atoms with E-state index < -0.39 is 11.7 Å². The molecule has 8 heteroatoms. The second-order valence-electron chi connectivity index (χ2n) is 8.19. The van der Waals surface area contributed by atoms with E-state index in [1.807, 2.05) is 43.3 Å². The van der Waals surface area contributed by atoms with Crippen molar-refractivity contribution < 1.29 is 22.6 Å². The Labute approximate surface area is 188 Å². The minimum Gasteiger partial charge on any atom is -0.489 e. The van der Waals surface area contributed by atoms with Crippen molar-refractivity contribution in [3.8, 4) is 11.5 Å². The quantitative estimate of drug-likeness (QED) is 0.402. The van der Waals surface area contributed by atoms with E-state index in [9.17, 15) is 13.2 Å². The second-order valence-corrected chi connectivity index (χ2v) is 8.19. The second kappa shape index (κ2) is 7.72. The summed E-state index contributed by atoms with van der Waals surface area (Å²) in [5.74, 6) is 1.34. The molecule has 0 spiro atoms. The first-order chi connectivity index (χ1) is 15.8. The molecule has 0 saturated carbocycles. The molecule has 1 atom stereocenters. The lowest BCUT2D eigenvalue weighted by Gasteiger charge is -2.18. The van der Waals surface area contributed by atoms with Crippen molar-refractivity contribution in [1.29, 1.82) is 0 Å². The Morgan fingerprint density at radius 1 is 0.697 bits per heavy atom. The third kappa shape index (κ3) is 4.33. The van der Waals surface area contributed by atoms with E-state index in [2.05, 4.69) is 15.2 Å². The van der Waals surface area contributed by atoms with Crippen LogP contribution in [0.3, 0.4) is 0 Å². The lowest BCUT2D eigenvalue weighted by Crippen LogP contribution is -2.31. The van der Waals surface area contributed by atoms with Crippen LogP contribution in [-0.2, 0) is 24.4 Å². The third-order valence-corrected chi connectivity index (χ3v) is 5.75. The molecule has 0 N–H and O–H groups in total. The molecule has 0 bridgehead atoms. The average Bonchev–Trinajstić information content (AvgIpc) is 3.74. The number of rotatable bonds is 8. The molecule has 2 aliphatic heterocycles. The lowest BCUT2D eigenvalue weighted by molar-refractivity contribution is -0.156. The Kier molecular flexibility index (Phi) is 4.96. The zero-order chi connectivity index (χ0) is 23.1. The molecule has 5 rings (SSSR count). The van der Waals surface area contributed by atoms with E-state index in [-0.39, 0.29) is 17.8 Å². The summed E-state index contributed by atoms with van der Waals surface area (Å²) in [6, 6.07) is 21.3. The van der Waals surface area contributed by atoms with Gasteiger partial charge < -0.3 is 9.47 Å². The van der Waals surface area contributed by atoms with Gasteiger partial charge in [0.15, 0.2) is 0 Å². The van der Waals surface area contributed by atoms with Crippen LogP contribution >= 0.6 is 0 Å². The molecule has 0 aliphatic carbocycles. The first kappa shape index (κ1) is 21.2. The van der Waals surface area contributed by atoms with E-state index in [0.717, 1.165) is 22.9 Å². The predicted molar refractivity (Wildman–Crippen MR) is 116 cm³/mol. The zero-order valence-electron chi connectivity index (χ0n) is 17.7. The largest absolute Gasteiger partial charge is 0.489 e. The molecule has 0 amide bonds. The lowest BCUT2D eigenvalue weighted by atomic mass is 9.96. The smallest absolute Gasteiger partial charge is 0.422 e. The van der Waals surface area contributed by atoms with E-state index in [1.54, 1.807) is 24.3 Å². The maximum atomic E-state index is 13.1. The number of benzene rings is 3. The molecule has 0 saturated heterocycles. The highest BCUT2D eigenvalue weighted by atomic mass is 19.4. The third-order valence-electron chi connectivity index (χ3n) is 5.75. The monoisotopic (exact) mass is 451 g/mol. The van der Waals surface area contributed by atoms with Crippen LogP contribution in [0.5, 0.6) is 11.5 Å². The highest BCUT2D eigenvalue weighted by molar-refractivity contribution is 5.87. The van der Waals surface area contributed by atoms with Gasteiger partial charge in [0.05, 0.1) is 0 Å². The molecular formula is C25H20F3N3O2. The van der Waals surface area contributed by atoms with Crippen molar-refractivity contribution in [1.82, 2.24) is 0 Å². The molecule has 0 aromatic heterocycles. The summed E-state index contributed by atoms with van der Waals surface area (Å²) in [5, 5.41) is 8.06. The molecule has 3 aromatic rings. The highest BCUT2D eigenvalue weighted by Crippen LogP contribution is 2.47. The van der Waals surface area contributed by atoms with Gasteiger partial charge in [0, 0.05) is 11.8 Å². The van der Waals surface area contributed by atoms with Crippen LogP contribution in [0.1, 0.15) is 29.2 Å². The molecule has 0 fully saturated rings. The maximum absolute atomic E-state index is 13.1. The summed E-state index contributed by atoms with van der Waals surface area (Å²) in [6.45, 7) is 2.63. The Balaban J connectivity index is 1.11. The summed E-state index contributed by atoms with van der Waals surface area (Å²) < 4.78 is 51.0. The van der Waals surface area contributed by atoms with Gasteiger partial charge in [-0.2, -0.15) is 23.4 Å². The first-order valence-electron chi connectivity index (χ1n) is 10.4. The topological polar surface area (TPSA) is 55.5 Å². The van der Waals surface area contributed by atoms with Gasteiger partial charge in [0.25, 0.3) is 0 Å². The fourth-order valence-corrected chi connectivity index (χ4v) is 3.45. The normalized spacial score (nSPS) is 19.9. The number of halogens is 3. The fourth-order valence-electron chi connectivity index (χ4n) is 3.45. The molecule has 0 radical (unpaired) electrons. The molecule has 33 heavy (non-hydrogen) atoms. The molecule has 168 valence electrons. The number of hydrogen-bond donors (Lipinski definition) is 0. The Morgan fingerprint density at radius 2 is 1.12 bits per heavy atom. The number of ether oxygens (including phenoxy) is 2. The standard InChI is InChI=1S/C25H20F3N3O2/c1-23(30-31-23)19-6-2-17(3-7-19)14-32-21-10-12-22(13-11-21)33-15-18-4-8-20(9-5-18)24(16-29-24)25(26,27)28/h2-13,16H,14-15H2,1H3. The SMILES string of the molecule is CC1(c2ccc(COc3ccc(OCc4ccc(C5(C(F)(F)F)C=N5)cc4)cc3)cc2)N=N1. The molecule has 2 heterocycles. The van der Waals surface area contributed by atoms with Gasteiger partial charge in [-0.1, -0.05) is 48.5 Å². The van der Waals surface area contributed by atoms with Crippen LogP contribution in [-0.4, -0.2) is 12.4 Å². The van der Waals surface area contributed by atoms with Gasteiger partial charge in [-0.3, -0.25) is 4.99 Å². The van der Waals surface area contributed by atoms with Gasteiger partial charge in [-0.25, -0.2) is 0 Å². The number of hydrogen-bond acceptors (Lipinski definition) is 5. The van der Waals surface area contributed by atoms with Gasteiger partial charge in [-0.05, 0) is 47.9 Å². The van der Waals surface area contributed by atoms with E-state index in [1.165, 1.54) is 12.1 Å². The predicted octanol–water partition coefficient (Wildman–Crippen LogP) is 6.33. The van der Waals surface area contributed by atoms with Crippen LogP contribution in [0.25, 0.3) is 0 Å². The van der Waals surface area contributed by atoms with Crippen LogP contribution < -0.4 is 9.47 Å². The Bertz CT molecular complexity index is 1190. The van der Waals surface area contributed by atoms with Crippen molar-refractivity contribution >= 4 is 6.21 Å². The van der Waals surface area contributed by atoms with Gasteiger partial charge in [0.2, 0.25) is 11.2 Å². The van der Waals surface area contributed by atoms with Crippen molar-refractivity contribution in [2.75, 3.05) is 0 Å². The van der Waals surface area contributed by atoms with Crippen LogP contribution in [0.15, 0.2) is 88.0 Å². The van der Waals surface area contributed by atoms with E-state index >= 15 is 0 Å².